The third-order valence-electron chi connectivity index (χ3n) is 5.57. The van der Waals surface area contributed by atoms with E-state index in [2.05, 4.69) is 4.90 Å². The molecule has 0 spiro atoms. The monoisotopic (exact) mass is 344 g/mol. The molecule has 0 saturated carbocycles. The van der Waals surface area contributed by atoms with Crippen LogP contribution < -0.4 is 4.74 Å². The van der Waals surface area contributed by atoms with Crippen LogP contribution in [-0.2, 0) is 16.0 Å². The van der Waals surface area contributed by atoms with Crippen LogP contribution in [0.1, 0.15) is 38.2 Å². The Balaban J connectivity index is 1.71. The first-order valence-electron chi connectivity index (χ1n) is 9.26. The maximum absolute atomic E-state index is 13.0. The van der Waals surface area contributed by atoms with Gasteiger partial charge in [-0.3, -0.25) is 9.59 Å². The van der Waals surface area contributed by atoms with Gasteiger partial charge in [0.25, 0.3) is 0 Å². The van der Waals surface area contributed by atoms with Crippen molar-refractivity contribution < 1.29 is 14.3 Å². The van der Waals surface area contributed by atoms with E-state index in [9.17, 15) is 9.59 Å². The van der Waals surface area contributed by atoms with Gasteiger partial charge in [0, 0.05) is 32.6 Å². The second kappa shape index (κ2) is 7.89. The van der Waals surface area contributed by atoms with Gasteiger partial charge in [-0.25, -0.2) is 0 Å². The van der Waals surface area contributed by atoms with Crippen molar-refractivity contribution in [3.8, 4) is 5.75 Å². The summed E-state index contributed by atoms with van der Waals surface area (Å²) in [7, 11) is 1.64. The fourth-order valence-corrected chi connectivity index (χ4v) is 4.22. The van der Waals surface area contributed by atoms with Crippen LogP contribution >= 0.6 is 0 Å². The third-order valence-corrected chi connectivity index (χ3v) is 5.57. The molecule has 2 aliphatic heterocycles. The van der Waals surface area contributed by atoms with E-state index >= 15 is 0 Å². The number of benzene rings is 1. The number of nitrogens with zero attached hydrogens (tertiary/aromatic N) is 2. The Hall–Kier alpha value is -2.04. The first kappa shape index (κ1) is 17.8. The van der Waals surface area contributed by atoms with Crippen molar-refractivity contribution in [2.75, 3.05) is 26.7 Å². The second-order valence-electron chi connectivity index (χ2n) is 7.19. The van der Waals surface area contributed by atoms with Crippen molar-refractivity contribution in [2.24, 2.45) is 5.92 Å². The number of hydrogen-bond acceptors (Lipinski definition) is 3. The van der Waals surface area contributed by atoms with E-state index in [-0.39, 0.29) is 17.9 Å². The van der Waals surface area contributed by atoms with E-state index in [4.69, 9.17) is 4.74 Å². The fraction of sp³-hybridized carbons (Fsp3) is 0.600. The van der Waals surface area contributed by atoms with Gasteiger partial charge in [0.2, 0.25) is 11.8 Å². The molecule has 25 heavy (non-hydrogen) atoms. The van der Waals surface area contributed by atoms with Crippen LogP contribution in [-0.4, -0.2) is 54.4 Å². The van der Waals surface area contributed by atoms with Crippen LogP contribution in [0, 0.1) is 5.92 Å². The number of amides is 2. The highest BCUT2D eigenvalue weighted by Crippen LogP contribution is 2.30. The molecule has 0 unspecified atom stereocenters. The number of carbonyl (C=O) groups excluding carboxylic acids is 2. The molecule has 2 saturated heterocycles. The lowest BCUT2D eigenvalue weighted by molar-refractivity contribution is -0.137. The summed E-state index contributed by atoms with van der Waals surface area (Å²) < 4.78 is 5.26. The first-order chi connectivity index (χ1) is 12.1. The highest BCUT2D eigenvalue weighted by Gasteiger charge is 2.37. The molecule has 2 aliphatic rings. The summed E-state index contributed by atoms with van der Waals surface area (Å²) in [6.45, 7) is 4.04. The van der Waals surface area contributed by atoms with Gasteiger partial charge in [-0.15, -0.1) is 0 Å². The Morgan fingerprint density at radius 1 is 1.20 bits per heavy atom. The number of methoxy groups -OCH3 is 1. The maximum Gasteiger partial charge on any atom is 0.227 e. The van der Waals surface area contributed by atoms with Gasteiger partial charge in [0.15, 0.2) is 0 Å². The van der Waals surface area contributed by atoms with Crippen LogP contribution in [0.25, 0.3) is 0 Å². The summed E-state index contributed by atoms with van der Waals surface area (Å²) in [6, 6.07) is 8.02. The molecular weight excluding hydrogens is 316 g/mol. The second-order valence-corrected chi connectivity index (χ2v) is 7.19. The number of fused-ring (bicyclic) bond motifs is 1. The average molecular weight is 344 g/mol. The van der Waals surface area contributed by atoms with Crippen molar-refractivity contribution in [2.45, 2.75) is 45.1 Å². The molecule has 0 aliphatic carbocycles. The normalized spacial score (nSPS) is 23.6. The molecule has 2 heterocycles. The number of ether oxygens (including phenoxy) is 1. The van der Waals surface area contributed by atoms with Crippen molar-refractivity contribution in [3.05, 3.63) is 29.8 Å². The SMILES string of the molecule is COc1cccc(CC(=O)N2CCCC[C@H]3CN(C(C)=O)CC[C@H]32)c1. The zero-order chi connectivity index (χ0) is 17.8. The molecule has 136 valence electrons. The van der Waals surface area contributed by atoms with Crippen molar-refractivity contribution in [1.29, 1.82) is 0 Å². The molecule has 1 aromatic carbocycles. The van der Waals surface area contributed by atoms with Gasteiger partial charge in [0.05, 0.1) is 13.5 Å². The molecular formula is C20H28N2O3. The van der Waals surface area contributed by atoms with E-state index in [0.29, 0.717) is 12.3 Å². The number of rotatable bonds is 3. The Bertz CT molecular complexity index is 631. The largest absolute Gasteiger partial charge is 0.497 e. The van der Waals surface area contributed by atoms with Crippen molar-refractivity contribution >= 4 is 11.8 Å². The van der Waals surface area contributed by atoms with Crippen LogP contribution in [0.4, 0.5) is 0 Å². The van der Waals surface area contributed by atoms with Gasteiger partial charge >= 0.3 is 0 Å². The third kappa shape index (κ3) is 4.14. The van der Waals surface area contributed by atoms with E-state index in [1.54, 1.807) is 14.0 Å². The van der Waals surface area contributed by atoms with Gasteiger partial charge in [-0.05, 0) is 42.9 Å². The van der Waals surface area contributed by atoms with Crippen LogP contribution in [0.2, 0.25) is 0 Å². The summed E-state index contributed by atoms with van der Waals surface area (Å²) in [5.41, 5.74) is 0.992. The molecule has 3 rings (SSSR count). The molecule has 5 heteroatoms. The predicted octanol–water partition coefficient (Wildman–Crippen LogP) is 2.49. The van der Waals surface area contributed by atoms with Crippen molar-refractivity contribution in [1.82, 2.24) is 9.80 Å². The fourth-order valence-electron chi connectivity index (χ4n) is 4.22. The summed E-state index contributed by atoms with van der Waals surface area (Å²) in [6.07, 6.45) is 4.61. The number of hydrogen-bond donors (Lipinski definition) is 0. The predicted molar refractivity (Wildman–Crippen MR) is 96.4 cm³/mol. The topological polar surface area (TPSA) is 49.9 Å². The molecule has 2 atom stereocenters. The van der Waals surface area contributed by atoms with Gasteiger partial charge in [-0.2, -0.15) is 0 Å². The van der Waals surface area contributed by atoms with Crippen LogP contribution in [0.5, 0.6) is 5.75 Å². The quantitative estimate of drug-likeness (QED) is 0.846. The standard InChI is InChI=1S/C20H28N2O3/c1-15(23)21-11-9-19-17(14-21)7-3-4-10-22(19)20(24)13-16-6-5-8-18(12-16)25-2/h5-6,8,12,17,19H,3-4,7,9-11,13-14H2,1-2H3/t17-,19+/m0/s1. The molecule has 2 amide bonds. The van der Waals surface area contributed by atoms with Gasteiger partial charge in [-0.1, -0.05) is 18.6 Å². The Labute approximate surface area is 149 Å². The number of carbonyl (C=O) groups is 2. The van der Waals surface area contributed by atoms with Gasteiger partial charge in [0.1, 0.15) is 5.75 Å². The Morgan fingerprint density at radius 2 is 2.04 bits per heavy atom. The zero-order valence-electron chi connectivity index (χ0n) is 15.2. The van der Waals surface area contributed by atoms with Crippen molar-refractivity contribution in [3.63, 3.8) is 0 Å². The van der Waals surface area contributed by atoms with E-state index in [0.717, 1.165) is 56.6 Å². The molecule has 0 N–H and O–H groups in total. The zero-order valence-corrected chi connectivity index (χ0v) is 15.2. The average Bonchev–Trinajstić information content (AvgIpc) is 2.83. The van der Waals surface area contributed by atoms with Gasteiger partial charge < -0.3 is 14.5 Å². The summed E-state index contributed by atoms with van der Waals surface area (Å²) in [5, 5.41) is 0. The minimum absolute atomic E-state index is 0.150. The molecule has 2 fully saturated rings. The first-order valence-corrected chi connectivity index (χ1v) is 9.26. The number of piperidine rings is 1. The molecule has 1 aromatic rings. The highest BCUT2D eigenvalue weighted by molar-refractivity contribution is 5.79. The number of likely N-dealkylation sites (tertiary alicyclic amines) is 2. The lowest BCUT2D eigenvalue weighted by Crippen LogP contribution is -2.53. The minimum atomic E-state index is 0.150. The van der Waals surface area contributed by atoms with Crippen LogP contribution in [0.15, 0.2) is 24.3 Å². The summed E-state index contributed by atoms with van der Waals surface area (Å²) in [5.74, 6) is 1.54. The minimum Gasteiger partial charge on any atom is -0.497 e. The highest BCUT2D eigenvalue weighted by atomic mass is 16.5. The lowest BCUT2D eigenvalue weighted by atomic mass is 9.88. The molecule has 0 bridgehead atoms. The van der Waals surface area contributed by atoms with E-state index in [1.165, 1.54) is 0 Å². The summed E-state index contributed by atoms with van der Waals surface area (Å²) >= 11 is 0. The Kier molecular flexibility index (Phi) is 5.61. The molecule has 5 nitrogen and oxygen atoms in total. The molecule has 0 radical (unpaired) electrons. The van der Waals surface area contributed by atoms with E-state index in [1.807, 2.05) is 29.2 Å². The maximum atomic E-state index is 13.0. The van der Waals surface area contributed by atoms with Crippen LogP contribution in [0.3, 0.4) is 0 Å². The molecule has 0 aromatic heterocycles. The Morgan fingerprint density at radius 3 is 2.80 bits per heavy atom. The smallest absolute Gasteiger partial charge is 0.227 e. The van der Waals surface area contributed by atoms with E-state index < -0.39 is 0 Å². The summed E-state index contributed by atoms with van der Waals surface area (Å²) in [4.78, 5) is 28.7. The lowest BCUT2D eigenvalue weighted by Gasteiger charge is -2.42.